The molecule has 16 heavy (non-hydrogen) atoms. The minimum atomic E-state index is -4.34. The summed E-state index contributed by atoms with van der Waals surface area (Å²) in [5.41, 5.74) is -0.126. The Balaban J connectivity index is 2.73. The number of aliphatic hydroxyl groups excluding tert-OH is 1. The van der Waals surface area contributed by atoms with Crippen molar-refractivity contribution < 1.29 is 22.7 Å². The smallest absolute Gasteiger partial charge is 0.388 e. The third-order valence-corrected chi connectivity index (χ3v) is 2.65. The Morgan fingerprint density at radius 3 is 2.50 bits per heavy atom. The lowest BCUT2D eigenvalue weighted by molar-refractivity contribution is -0.140. The van der Waals surface area contributed by atoms with Gasteiger partial charge in [0.15, 0.2) is 0 Å². The third-order valence-electron chi connectivity index (χ3n) is 2.04. The largest absolute Gasteiger partial charge is 0.389 e. The summed E-state index contributed by atoms with van der Waals surface area (Å²) in [6.07, 6.45) is -7.47. The number of aliphatic hydroxyl groups is 1. The molecule has 0 saturated carbocycles. The quantitative estimate of drug-likeness (QED) is 0.838. The van der Waals surface area contributed by atoms with Crippen LogP contribution in [0.4, 0.5) is 17.6 Å². The molecule has 1 N–H and O–H groups in total. The number of hydrogen-bond acceptors (Lipinski definition) is 1. The van der Waals surface area contributed by atoms with E-state index in [1.54, 1.807) is 0 Å². The van der Waals surface area contributed by atoms with Gasteiger partial charge in [-0.05, 0) is 28.4 Å². The molecule has 1 nitrogen and oxygen atoms in total. The molecule has 1 atom stereocenters. The Labute approximate surface area is 98.2 Å². The fourth-order valence-corrected chi connectivity index (χ4v) is 1.62. The second-order valence-corrected chi connectivity index (χ2v) is 4.17. The van der Waals surface area contributed by atoms with E-state index < -0.39 is 30.9 Å². The molecular formula is C10H9BrF4O. The lowest BCUT2D eigenvalue weighted by Crippen LogP contribution is -2.10. The summed E-state index contributed by atoms with van der Waals surface area (Å²) in [6, 6.07) is 4.13. The van der Waals surface area contributed by atoms with E-state index in [1.165, 1.54) is 18.2 Å². The van der Waals surface area contributed by atoms with Crippen LogP contribution in [-0.4, -0.2) is 11.3 Å². The van der Waals surface area contributed by atoms with Gasteiger partial charge in [-0.1, -0.05) is 12.1 Å². The van der Waals surface area contributed by atoms with Crippen LogP contribution < -0.4 is 0 Å². The molecule has 1 aromatic rings. The molecule has 0 spiro atoms. The monoisotopic (exact) mass is 300 g/mol. The summed E-state index contributed by atoms with van der Waals surface area (Å²) in [5.74, 6) is -0.725. The predicted molar refractivity (Wildman–Crippen MR) is 54.3 cm³/mol. The molecule has 0 saturated heterocycles. The van der Waals surface area contributed by atoms with Gasteiger partial charge in [-0.2, -0.15) is 13.2 Å². The van der Waals surface area contributed by atoms with E-state index in [1.807, 2.05) is 0 Å². The van der Waals surface area contributed by atoms with Gasteiger partial charge in [0.05, 0.1) is 10.6 Å². The van der Waals surface area contributed by atoms with Gasteiger partial charge < -0.3 is 5.11 Å². The predicted octanol–water partition coefficient (Wildman–Crippen LogP) is 3.96. The van der Waals surface area contributed by atoms with Crippen molar-refractivity contribution in [1.29, 1.82) is 0 Å². The first-order valence-electron chi connectivity index (χ1n) is 4.50. The van der Waals surface area contributed by atoms with Crippen molar-refractivity contribution >= 4 is 15.9 Å². The van der Waals surface area contributed by atoms with E-state index in [2.05, 4.69) is 15.9 Å². The molecule has 0 bridgehead atoms. The summed E-state index contributed by atoms with van der Waals surface area (Å²) in [4.78, 5) is 0. The fraction of sp³-hybridized carbons (Fsp3) is 0.400. The molecule has 0 heterocycles. The highest BCUT2D eigenvalue weighted by atomic mass is 79.9. The summed E-state index contributed by atoms with van der Waals surface area (Å²) in [7, 11) is 0. The number of rotatable bonds is 3. The average molecular weight is 301 g/mol. The molecule has 0 radical (unpaired) electrons. The summed E-state index contributed by atoms with van der Waals surface area (Å²) in [5, 5.41) is 9.43. The van der Waals surface area contributed by atoms with Gasteiger partial charge in [0.25, 0.3) is 0 Å². The molecule has 6 heteroatoms. The van der Waals surface area contributed by atoms with Crippen LogP contribution in [0.1, 0.15) is 24.5 Å². The molecule has 0 fully saturated rings. The van der Waals surface area contributed by atoms with E-state index in [0.29, 0.717) is 0 Å². The maximum atomic E-state index is 13.4. The number of benzene rings is 1. The first-order valence-corrected chi connectivity index (χ1v) is 5.29. The van der Waals surface area contributed by atoms with E-state index in [0.717, 1.165) is 0 Å². The van der Waals surface area contributed by atoms with Crippen molar-refractivity contribution in [3.8, 4) is 0 Å². The van der Waals surface area contributed by atoms with E-state index in [9.17, 15) is 22.7 Å². The Kier molecular flexibility index (Phi) is 4.32. The second kappa shape index (κ2) is 5.14. The molecule has 90 valence electrons. The summed E-state index contributed by atoms with van der Waals surface area (Å²) >= 11 is 2.90. The van der Waals surface area contributed by atoms with Crippen LogP contribution in [0.25, 0.3) is 0 Å². The summed E-state index contributed by atoms with van der Waals surface area (Å²) < 4.78 is 49.2. The van der Waals surface area contributed by atoms with Crippen molar-refractivity contribution in [3.63, 3.8) is 0 Å². The average Bonchev–Trinajstić information content (AvgIpc) is 2.17. The maximum Gasteiger partial charge on any atom is 0.389 e. The first-order chi connectivity index (χ1) is 7.31. The Morgan fingerprint density at radius 2 is 1.94 bits per heavy atom. The van der Waals surface area contributed by atoms with Crippen LogP contribution in [-0.2, 0) is 0 Å². The zero-order valence-corrected chi connectivity index (χ0v) is 9.65. The Hall–Kier alpha value is -0.620. The SMILES string of the molecule is OC(CCC(F)(F)F)c1cccc(Br)c1F. The van der Waals surface area contributed by atoms with Gasteiger partial charge in [-0.15, -0.1) is 0 Å². The zero-order chi connectivity index (χ0) is 12.3. The highest BCUT2D eigenvalue weighted by molar-refractivity contribution is 9.10. The van der Waals surface area contributed by atoms with Crippen LogP contribution >= 0.6 is 15.9 Å². The van der Waals surface area contributed by atoms with Crippen molar-refractivity contribution in [2.45, 2.75) is 25.1 Å². The number of hydrogen-bond donors (Lipinski definition) is 1. The Morgan fingerprint density at radius 1 is 1.31 bits per heavy atom. The van der Waals surface area contributed by atoms with Gasteiger partial charge >= 0.3 is 6.18 Å². The van der Waals surface area contributed by atoms with Crippen LogP contribution in [0.15, 0.2) is 22.7 Å². The molecule has 0 amide bonds. The lowest BCUT2D eigenvalue weighted by atomic mass is 10.0. The fourth-order valence-electron chi connectivity index (χ4n) is 1.23. The van der Waals surface area contributed by atoms with E-state index in [-0.39, 0.29) is 10.0 Å². The van der Waals surface area contributed by atoms with Gasteiger partial charge in [0.1, 0.15) is 5.82 Å². The molecule has 1 rings (SSSR count). The van der Waals surface area contributed by atoms with E-state index in [4.69, 9.17) is 0 Å². The van der Waals surface area contributed by atoms with Gasteiger partial charge in [0.2, 0.25) is 0 Å². The molecule has 0 aromatic heterocycles. The van der Waals surface area contributed by atoms with Gasteiger partial charge in [0, 0.05) is 12.0 Å². The van der Waals surface area contributed by atoms with Crippen LogP contribution in [0, 0.1) is 5.82 Å². The molecule has 1 unspecified atom stereocenters. The van der Waals surface area contributed by atoms with Gasteiger partial charge in [-0.3, -0.25) is 0 Å². The van der Waals surface area contributed by atoms with Crippen LogP contribution in [0.3, 0.4) is 0 Å². The molecule has 1 aromatic carbocycles. The minimum absolute atomic E-state index is 0.121. The molecule has 0 aliphatic carbocycles. The van der Waals surface area contributed by atoms with Crippen molar-refractivity contribution in [2.75, 3.05) is 0 Å². The summed E-state index contributed by atoms with van der Waals surface area (Å²) in [6.45, 7) is 0. The normalized spacial score (nSPS) is 13.9. The standard InChI is InChI=1S/C10H9BrF4O/c11-7-3-1-2-6(9(7)12)8(16)4-5-10(13,14)15/h1-3,8,16H,4-5H2. The topological polar surface area (TPSA) is 20.2 Å². The van der Waals surface area contributed by atoms with Crippen LogP contribution in [0.5, 0.6) is 0 Å². The highest BCUT2D eigenvalue weighted by Crippen LogP contribution is 2.30. The Bertz CT molecular complexity index is 364. The van der Waals surface area contributed by atoms with Crippen molar-refractivity contribution in [1.82, 2.24) is 0 Å². The molecule has 0 aliphatic heterocycles. The maximum absolute atomic E-state index is 13.4. The molecular weight excluding hydrogens is 292 g/mol. The van der Waals surface area contributed by atoms with E-state index >= 15 is 0 Å². The number of alkyl halides is 3. The molecule has 0 aliphatic rings. The highest BCUT2D eigenvalue weighted by Gasteiger charge is 2.28. The minimum Gasteiger partial charge on any atom is -0.388 e. The third kappa shape index (κ3) is 3.75. The lowest BCUT2D eigenvalue weighted by Gasteiger charge is -2.13. The first kappa shape index (κ1) is 13.4. The van der Waals surface area contributed by atoms with Crippen LogP contribution in [0.2, 0.25) is 0 Å². The van der Waals surface area contributed by atoms with Crippen molar-refractivity contribution in [3.05, 3.63) is 34.1 Å². The zero-order valence-electron chi connectivity index (χ0n) is 8.06. The van der Waals surface area contributed by atoms with Gasteiger partial charge in [-0.25, -0.2) is 4.39 Å². The number of halogens is 5. The van der Waals surface area contributed by atoms with Crippen molar-refractivity contribution in [2.24, 2.45) is 0 Å². The second-order valence-electron chi connectivity index (χ2n) is 3.31.